The zero-order valence-corrected chi connectivity index (χ0v) is 51.6. The van der Waals surface area contributed by atoms with Gasteiger partial charge in [0.15, 0.2) is 19.3 Å². The standard InChI is InChI=1S/C31H32ClN5O4.C19H22ClN5O2.C13H11F3O5S/c1-39-21-41-24-17-23-9-5-6-10-25(23)28(18-24)37-12-11-26-27(19-37)33-30(32)34-29(26)35-13-15-36(16-14-35)31(38)40-20-22-7-3-2-4-8-22;20-18-22-16-12-21-7-6-15(16)17(23-18)24-8-10-25(11-9-24)19(26)27-13-14-4-2-1-3-5-14;1-19-8-20-10-6-9-4-2-3-5-11(9)12(7-10)21-22(17,18)13(14,15)16/h2-10,17-18H,11-16,19-21H2,1H3;1-5,21H,6-13H2;2-7H,8H2,1H3. The van der Waals surface area contributed by atoms with Gasteiger partial charge in [-0.25, -0.2) is 29.5 Å². The van der Waals surface area contributed by atoms with E-state index in [1.165, 1.54) is 24.8 Å². The number of nitrogens with one attached hydrogen (secondary N) is 1. The molecule has 90 heavy (non-hydrogen) atoms. The first-order valence-electron chi connectivity index (χ1n) is 28.8. The highest BCUT2D eigenvalue weighted by molar-refractivity contribution is 7.88. The molecule has 6 heterocycles. The van der Waals surface area contributed by atoms with Gasteiger partial charge in [0.25, 0.3) is 0 Å². The molecule has 4 aliphatic rings. The molecular formula is C63H65Cl2F3N10O11S. The molecule has 2 saturated heterocycles. The van der Waals surface area contributed by atoms with E-state index < -0.39 is 21.4 Å². The molecule has 0 radical (unpaired) electrons. The maximum absolute atomic E-state index is 12.7. The van der Waals surface area contributed by atoms with E-state index in [2.05, 4.69) is 62.3 Å². The number of ether oxygens (including phenoxy) is 6. The molecule has 474 valence electrons. The number of carbonyl (C=O) groups excluding carboxylic acids is 2. The molecule has 1 N–H and O–H groups in total. The lowest BCUT2D eigenvalue weighted by Crippen LogP contribution is -2.49. The summed E-state index contributed by atoms with van der Waals surface area (Å²) in [6.45, 7) is 8.63. The molecule has 2 aromatic heterocycles. The maximum atomic E-state index is 12.7. The normalized spacial score (nSPS) is 14.9. The predicted octanol–water partition coefficient (Wildman–Crippen LogP) is 10.6. The van der Waals surface area contributed by atoms with Crippen molar-refractivity contribution in [3.05, 3.63) is 178 Å². The molecular weight excluding hydrogens is 1230 g/mol. The van der Waals surface area contributed by atoms with Crippen LogP contribution in [0.2, 0.25) is 10.6 Å². The Bertz CT molecular complexity index is 3890. The summed E-state index contributed by atoms with van der Waals surface area (Å²) in [7, 11) is -2.79. The van der Waals surface area contributed by atoms with Gasteiger partial charge in [0.2, 0.25) is 10.6 Å². The summed E-state index contributed by atoms with van der Waals surface area (Å²) in [6, 6.07) is 40.6. The molecule has 21 nitrogen and oxygen atoms in total. The molecule has 0 atom stereocenters. The molecule has 0 aliphatic carbocycles. The Hall–Kier alpha value is -8.46. The van der Waals surface area contributed by atoms with Crippen LogP contribution in [0.5, 0.6) is 17.2 Å². The van der Waals surface area contributed by atoms with Crippen LogP contribution in [0.1, 0.15) is 33.6 Å². The first-order valence-corrected chi connectivity index (χ1v) is 31.0. The number of amides is 2. The third-order valence-electron chi connectivity index (χ3n) is 15.1. The molecule has 2 amide bonds. The minimum Gasteiger partial charge on any atom is -0.467 e. The smallest absolute Gasteiger partial charge is 0.467 e. The molecule has 0 bridgehead atoms. The zero-order chi connectivity index (χ0) is 63.2. The minimum absolute atomic E-state index is 0.118. The molecule has 2 fully saturated rings. The summed E-state index contributed by atoms with van der Waals surface area (Å²) in [4.78, 5) is 53.3. The van der Waals surface area contributed by atoms with E-state index in [-0.39, 0.29) is 54.1 Å². The third kappa shape index (κ3) is 16.3. The first-order chi connectivity index (χ1) is 43.5. The van der Waals surface area contributed by atoms with E-state index in [9.17, 15) is 31.2 Å². The fourth-order valence-corrected chi connectivity index (χ4v) is 11.5. The summed E-state index contributed by atoms with van der Waals surface area (Å²) in [5.74, 6) is 2.17. The Balaban J connectivity index is 0.000000158. The molecule has 12 rings (SSSR count). The van der Waals surface area contributed by atoms with Crippen molar-refractivity contribution in [2.45, 2.75) is 44.7 Å². The number of piperazine rings is 2. The summed E-state index contributed by atoms with van der Waals surface area (Å²) in [5, 5.41) is 6.73. The second-order valence-corrected chi connectivity index (χ2v) is 23.2. The van der Waals surface area contributed by atoms with Crippen molar-refractivity contribution in [3.63, 3.8) is 0 Å². The van der Waals surface area contributed by atoms with Crippen LogP contribution in [0.3, 0.4) is 0 Å². The minimum atomic E-state index is -5.77. The molecule has 27 heteroatoms. The van der Waals surface area contributed by atoms with E-state index in [0.29, 0.717) is 70.9 Å². The summed E-state index contributed by atoms with van der Waals surface area (Å²) >= 11 is 12.6. The van der Waals surface area contributed by atoms with Crippen LogP contribution >= 0.6 is 23.2 Å². The zero-order valence-electron chi connectivity index (χ0n) is 49.2. The topological polar surface area (TPSA) is 213 Å². The van der Waals surface area contributed by atoms with Gasteiger partial charge >= 0.3 is 27.8 Å². The van der Waals surface area contributed by atoms with Crippen LogP contribution in [0, 0.1) is 0 Å². The molecule has 0 unspecified atom stereocenters. The second-order valence-electron chi connectivity index (χ2n) is 21.0. The average molecular weight is 1300 g/mol. The van der Waals surface area contributed by atoms with Gasteiger partial charge in [-0.15, -0.1) is 0 Å². The predicted molar refractivity (Wildman–Crippen MR) is 334 cm³/mol. The number of hydrogen-bond acceptors (Lipinski definition) is 19. The van der Waals surface area contributed by atoms with E-state index in [4.69, 9.17) is 51.6 Å². The number of rotatable bonds is 15. The number of anilines is 3. The van der Waals surface area contributed by atoms with Crippen LogP contribution in [0.4, 0.5) is 40.1 Å². The average Bonchev–Trinajstić information content (AvgIpc) is 1.08. The van der Waals surface area contributed by atoms with Crippen molar-refractivity contribution in [1.29, 1.82) is 0 Å². The highest BCUT2D eigenvalue weighted by Crippen LogP contribution is 2.38. The van der Waals surface area contributed by atoms with Gasteiger partial charge in [0.1, 0.15) is 36.3 Å². The molecule has 0 saturated carbocycles. The van der Waals surface area contributed by atoms with Gasteiger partial charge < -0.3 is 62.4 Å². The number of methoxy groups -OCH3 is 2. The Kier molecular flexibility index (Phi) is 21.4. The van der Waals surface area contributed by atoms with Gasteiger partial charge in [-0.1, -0.05) is 109 Å². The van der Waals surface area contributed by atoms with E-state index in [1.54, 1.807) is 35.1 Å². The number of halogens is 5. The van der Waals surface area contributed by atoms with Gasteiger partial charge in [-0.3, -0.25) is 0 Å². The van der Waals surface area contributed by atoms with Gasteiger partial charge in [0, 0.05) is 119 Å². The van der Waals surface area contributed by atoms with E-state index >= 15 is 0 Å². The highest BCUT2D eigenvalue weighted by atomic mass is 35.5. The molecule has 4 aliphatic heterocycles. The van der Waals surface area contributed by atoms with Crippen LogP contribution in [0.25, 0.3) is 21.5 Å². The fourth-order valence-electron chi connectivity index (χ4n) is 10.7. The quantitative estimate of drug-likeness (QED) is 0.0437. The lowest BCUT2D eigenvalue weighted by Gasteiger charge is -2.37. The van der Waals surface area contributed by atoms with Crippen LogP contribution < -0.4 is 33.7 Å². The summed E-state index contributed by atoms with van der Waals surface area (Å²) in [6.07, 6.45) is 1.10. The Morgan fingerprint density at radius 2 is 1.04 bits per heavy atom. The van der Waals surface area contributed by atoms with Gasteiger partial charge in [0.05, 0.1) is 17.9 Å². The lowest BCUT2D eigenvalue weighted by molar-refractivity contribution is -0.0499. The number of alkyl halides is 3. The van der Waals surface area contributed by atoms with Crippen molar-refractivity contribution >= 4 is 84.4 Å². The first kappa shape index (κ1) is 64.5. The van der Waals surface area contributed by atoms with Crippen molar-refractivity contribution < 1.29 is 63.8 Å². The Morgan fingerprint density at radius 1 is 0.567 bits per heavy atom. The number of fused-ring (bicyclic) bond motifs is 4. The van der Waals surface area contributed by atoms with Crippen molar-refractivity contribution in [1.82, 2.24) is 35.1 Å². The van der Waals surface area contributed by atoms with E-state index in [1.807, 2.05) is 78.9 Å². The van der Waals surface area contributed by atoms with Crippen molar-refractivity contribution in [2.75, 3.05) is 108 Å². The van der Waals surface area contributed by atoms with Gasteiger partial charge in [-0.2, -0.15) is 21.6 Å². The number of aromatic nitrogens is 4. The molecule has 6 aromatic carbocycles. The second kappa shape index (κ2) is 29.9. The van der Waals surface area contributed by atoms with Crippen LogP contribution in [-0.2, 0) is 68.2 Å². The summed E-state index contributed by atoms with van der Waals surface area (Å²) in [5.41, 5.74) is 1.69. The van der Waals surface area contributed by atoms with Crippen LogP contribution in [0.15, 0.2) is 133 Å². The van der Waals surface area contributed by atoms with Crippen LogP contribution in [-0.4, -0.2) is 149 Å². The number of hydrogen-bond donors (Lipinski definition) is 1. The number of carbonyl (C=O) groups is 2. The SMILES string of the molecule is COCOc1cc(N2CCc3c(nc(Cl)nc3N3CCN(C(=O)OCc4ccccc4)CC3)C2)c2ccccc2c1.COCOc1cc(OS(=O)(=O)C(F)(F)F)c2ccccc2c1.O=C(OCc1ccccc1)N1CCN(c2nc(Cl)nc3c2CCNC3)CC1. The number of nitrogens with zero attached hydrogens (tertiary/aromatic N) is 9. The third-order valence-corrected chi connectivity index (χ3v) is 16.4. The fraction of sp³-hybridized carbons (Fsp3) is 0.333. The van der Waals surface area contributed by atoms with Gasteiger partial charge in [-0.05, 0) is 76.6 Å². The highest BCUT2D eigenvalue weighted by Gasteiger charge is 2.49. The molecule has 8 aromatic rings. The lowest BCUT2D eigenvalue weighted by atomic mass is 10.0. The summed E-state index contributed by atoms with van der Waals surface area (Å²) < 4.78 is 95.7. The van der Waals surface area contributed by atoms with Crippen molar-refractivity contribution in [3.8, 4) is 17.2 Å². The van der Waals surface area contributed by atoms with E-state index in [0.717, 1.165) is 100 Å². The maximum Gasteiger partial charge on any atom is 0.534 e. The number of benzene rings is 6. The van der Waals surface area contributed by atoms with Crippen molar-refractivity contribution in [2.24, 2.45) is 0 Å². The largest absolute Gasteiger partial charge is 0.534 e. The Morgan fingerprint density at radius 3 is 1.58 bits per heavy atom. The molecule has 0 spiro atoms. The monoisotopic (exact) mass is 1300 g/mol. The Labute approximate surface area is 528 Å².